The van der Waals surface area contributed by atoms with E-state index in [-0.39, 0.29) is 11.3 Å². The number of carbonyl (C=O) groups is 1. The number of nitrogens with one attached hydrogen (secondary N) is 2. The van der Waals surface area contributed by atoms with Crippen molar-refractivity contribution >= 4 is 23.2 Å². The Morgan fingerprint density at radius 2 is 2.10 bits per heavy atom. The second-order valence-corrected chi connectivity index (χ2v) is 9.70. The second-order valence-electron chi connectivity index (χ2n) is 8.70. The number of guanidine groups is 1. The Balaban J connectivity index is 1.58. The van der Waals surface area contributed by atoms with Crippen LogP contribution in [0.2, 0.25) is 0 Å². The van der Waals surface area contributed by atoms with E-state index in [1.807, 2.05) is 25.4 Å². The lowest BCUT2D eigenvalue weighted by molar-refractivity contribution is -0.138. The van der Waals surface area contributed by atoms with E-state index < -0.39 is 0 Å². The van der Waals surface area contributed by atoms with Gasteiger partial charge in [-0.2, -0.15) is 0 Å². The summed E-state index contributed by atoms with van der Waals surface area (Å²) in [5.74, 6) is 1.05. The average Bonchev–Trinajstić information content (AvgIpc) is 3.38. The maximum absolute atomic E-state index is 12.8. The van der Waals surface area contributed by atoms with Gasteiger partial charge in [0.05, 0.1) is 12.0 Å². The molecule has 0 saturated heterocycles. The predicted molar refractivity (Wildman–Crippen MR) is 121 cm³/mol. The predicted octanol–water partition coefficient (Wildman–Crippen LogP) is 2.70. The summed E-state index contributed by atoms with van der Waals surface area (Å²) in [4.78, 5) is 23.5. The highest BCUT2D eigenvalue weighted by Crippen LogP contribution is 2.39. The monoisotopic (exact) mass is 419 g/mol. The van der Waals surface area contributed by atoms with Crippen molar-refractivity contribution in [3.8, 4) is 0 Å². The Kier molecular flexibility index (Phi) is 7.57. The molecule has 1 aromatic heterocycles. The average molecular weight is 420 g/mol. The lowest BCUT2D eigenvalue weighted by Gasteiger charge is -2.33. The van der Waals surface area contributed by atoms with Crippen LogP contribution in [0.1, 0.15) is 50.0 Å². The van der Waals surface area contributed by atoms with Crippen LogP contribution < -0.4 is 10.6 Å². The first-order chi connectivity index (χ1) is 13.9. The first kappa shape index (κ1) is 22.1. The van der Waals surface area contributed by atoms with Crippen LogP contribution in [-0.2, 0) is 17.8 Å². The normalized spacial score (nSPS) is 20.2. The van der Waals surface area contributed by atoms with Gasteiger partial charge in [-0.15, -0.1) is 11.3 Å². The summed E-state index contributed by atoms with van der Waals surface area (Å²) in [6.07, 6.45) is 5.28. The second kappa shape index (κ2) is 9.94. The van der Waals surface area contributed by atoms with Crippen molar-refractivity contribution in [1.29, 1.82) is 0 Å². The first-order valence-electron chi connectivity index (χ1n) is 11.0. The Hall–Kier alpha value is -1.60. The van der Waals surface area contributed by atoms with Gasteiger partial charge in [-0.05, 0) is 50.1 Å². The van der Waals surface area contributed by atoms with Gasteiger partial charge in [0.15, 0.2) is 5.96 Å². The van der Waals surface area contributed by atoms with E-state index in [1.54, 1.807) is 9.78 Å². The van der Waals surface area contributed by atoms with Crippen molar-refractivity contribution in [2.45, 2.75) is 58.5 Å². The summed E-state index contributed by atoms with van der Waals surface area (Å²) >= 11 is 1.88. The van der Waals surface area contributed by atoms with Crippen LogP contribution in [0.15, 0.2) is 16.4 Å². The minimum absolute atomic E-state index is 0.225. The minimum Gasteiger partial charge on any atom is -0.357 e. The molecule has 3 rings (SSSR count). The number of rotatable bonds is 7. The van der Waals surface area contributed by atoms with Crippen molar-refractivity contribution < 1.29 is 4.79 Å². The number of hydrogen-bond donors (Lipinski definition) is 2. The van der Waals surface area contributed by atoms with Gasteiger partial charge in [0, 0.05) is 51.2 Å². The number of fused-ring (bicyclic) bond motifs is 1. The maximum Gasteiger partial charge on any atom is 0.230 e. The van der Waals surface area contributed by atoms with Gasteiger partial charge in [0.2, 0.25) is 5.91 Å². The molecule has 162 valence electrons. The highest BCUT2D eigenvalue weighted by molar-refractivity contribution is 7.10. The van der Waals surface area contributed by atoms with Crippen molar-refractivity contribution in [2.24, 2.45) is 10.4 Å². The molecule has 6 nitrogen and oxygen atoms in total. The zero-order valence-electron chi connectivity index (χ0n) is 18.5. The smallest absolute Gasteiger partial charge is 0.230 e. The molecule has 1 saturated carbocycles. The Morgan fingerprint density at radius 3 is 2.79 bits per heavy atom. The van der Waals surface area contributed by atoms with E-state index >= 15 is 0 Å². The third-order valence-corrected chi connectivity index (χ3v) is 7.35. The molecular formula is C22H37N5OS. The molecule has 29 heavy (non-hydrogen) atoms. The number of amides is 1. The van der Waals surface area contributed by atoms with Crippen molar-refractivity contribution in [3.05, 3.63) is 21.9 Å². The van der Waals surface area contributed by atoms with Gasteiger partial charge in [-0.3, -0.25) is 14.7 Å². The molecular weight excluding hydrogens is 382 g/mol. The standard InChI is InChI=1S/C22H37N5OS/c1-5-23-21(25-16-22(10-6-7-11-22)20(28)26(3)4)24-14-17(2)27-12-8-19-18(15-27)9-13-29-19/h9,13,17H,5-8,10-12,14-16H2,1-4H3,(H2,23,24,25). The molecule has 7 heteroatoms. The fraction of sp³-hybridized carbons (Fsp3) is 0.727. The number of aliphatic imine (C=N–C) groups is 1. The van der Waals surface area contributed by atoms with Crippen LogP contribution in [0.5, 0.6) is 0 Å². The molecule has 0 bridgehead atoms. The Labute approximate surface area is 179 Å². The van der Waals surface area contributed by atoms with Gasteiger partial charge in [0.25, 0.3) is 0 Å². The van der Waals surface area contributed by atoms with Crippen LogP contribution in [0.3, 0.4) is 0 Å². The van der Waals surface area contributed by atoms with Gasteiger partial charge in [-0.25, -0.2) is 0 Å². The number of thiophene rings is 1. The van der Waals surface area contributed by atoms with Gasteiger partial charge in [0.1, 0.15) is 0 Å². The molecule has 0 radical (unpaired) electrons. The lowest BCUT2D eigenvalue weighted by Crippen LogP contribution is -2.48. The maximum atomic E-state index is 12.8. The molecule has 0 spiro atoms. The molecule has 1 unspecified atom stereocenters. The van der Waals surface area contributed by atoms with Crippen molar-refractivity contribution in [3.63, 3.8) is 0 Å². The summed E-state index contributed by atoms with van der Waals surface area (Å²) in [6.45, 7) is 8.74. The Bertz CT molecular complexity index is 708. The van der Waals surface area contributed by atoms with E-state index in [0.717, 1.165) is 64.2 Å². The van der Waals surface area contributed by atoms with E-state index in [4.69, 9.17) is 4.99 Å². The largest absolute Gasteiger partial charge is 0.357 e. The highest BCUT2D eigenvalue weighted by Gasteiger charge is 2.42. The lowest BCUT2D eigenvalue weighted by atomic mass is 9.85. The molecule has 1 atom stereocenters. The Morgan fingerprint density at radius 1 is 1.34 bits per heavy atom. The molecule has 1 aliphatic carbocycles. The fourth-order valence-corrected chi connectivity index (χ4v) is 5.45. The molecule has 0 aromatic carbocycles. The molecule has 1 aliphatic heterocycles. The van der Waals surface area contributed by atoms with Gasteiger partial charge in [-0.1, -0.05) is 12.8 Å². The molecule has 1 amide bonds. The van der Waals surface area contributed by atoms with E-state index in [0.29, 0.717) is 12.6 Å². The minimum atomic E-state index is -0.320. The van der Waals surface area contributed by atoms with E-state index in [9.17, 15) is 4.79 Å². The molecule has 2 N–H and O–H groups in total. The quantitative estimate of drug-likeness (QED) is 0.527. The zero-order chi connectivity index (χ0) is 20.9. The number of carbonyl (C=O) groups excluding carboxylic acids is 1. The van der Waals surface area contributed by atoms with Crippen LogP contribution in [-0.4, -0.2) is 68.0 Å². The van der Waals surface area contributed by atoms with Crippen molar-refractivity contribution in [1.82, 2.24) is 20.4 Å². The summed E-state index contributed by atoms with van der Waals surface area (Å²) in [5, 5.41) is 9.09. The van der Waals surface area contributed by atoms with Gasteiger partial charge >= 0.3 is 0 Å². The molecule has 1 fully saturated rings. The summed E-state index contributed by atoms with van der Waals surface area (Å²) < 4.78 is 0. The molecule has 1 aromatic rings. The topological polar surface area (TPSA) is 60.0 Å². The first-order valence-corrected chi connectivity index (χ1v) is 11.9. The molecule has 2 aliphatic rings. The number of nitrogens with zero attached hydrogens (tertiary/aromatic N) is 3. The van der Waals surface area contributed by atoms with Crippen LogP contribution >= 0.6 is 11.3 Å². The van der Waals surface area contributed by atoms with Crippen molar-refractivity contribution in [2.75, 3.05) is 40.3 Å². The van der Waals surface area contributed by atoms with E-state index in [2.05, 4.69) is 40.8 Å². The van der Waals surface area contributed by atoms with Crippen LogP contribution in [0.25, 0.3) is 0 Å². The van der Waals surface area contributed by atoms with E-state index in [1.165, 1.54) is 5.56 Å². The number of hydrogen-bond acceptors (Lipinski definition) is 4. The van der Waals surface area contributed by atoms with Gasteiger partial charge < -0.3 is 15.5 Å². The van der Waals surface area contributed by atoms with Crippen LogP contribution in [0.4, 0.5) is 0 Å². The zero-order valence-corrected chi connectivity index (χ0v) is 19.3. The molecule has 2 heterocycles. The fourth-order valence-electron chi connectivity index (χ4n) is 4.56. The summed E-state index contributed by atoms with van der Waals surface area (Å²) in [7, 11) is 3.71. The third-order valence-electron chi connectivity index (χ3n) is 6.33. The van der Waals surface area contributed by atoms with Crippen LogP contribution in [0, 0.1) is 5.41 Å². The highest BCUT2D eigenvalue weighted by atomic mass is 32.1. The third kappa shape index (κ3) is 5.31. The summed E-state index contributed by atoms with van der Waals surface area (Å²) in [6, 6.07) is 2.69. The summed E-state index contributed by atoms with van der Waals surface area (Å²) in [5.41, 5.74) is 1.17. The SMILES string of the molecule is CCNC(=NCC1(C(=O)N(C)C)CCCC1)NCC(C)N1CCc2sccc2C1.